The number of para-hydroxylation sites is 1. The van der Waals surface area contributed by atoms with Crippen molar-refractivity contribution in [3.8, 4) is 28.8 Å². The van der Waals surface area contributed by atoms with Crippen molar-refractivity contribution in [2.45, 2.75) is 13.8 Å². The Morgan fingerprint density at radius 1 is 1.15 bits per heavy atom. The van der Waals surface area contributed by atoms with Gasteiger partial charge in [0, 0.05) is 29.4 Å². The monoisotopic (exact) mass is 456 g/mol. The summed E-state index contributed by atoms with van der Waals surface area (Å²) in [6, 6.07) is 15.7. The van der Waals surface area contributed by atoms with Crippen molar-refractivity contribution in [2.24, 2.45) is 0 Å². The molecule has 1 aliphatic rings. The molecule has 0 aliphatic carbocycles. The number of amides is 2. The van der Waals surface area contributed by atoms with Crippen LogP contribution in [0.5, 0.6) is 5.75 Å². The normalized spacial score (nSPS) is 15.1. The van der Waals surface area contributed by atoms with Crippen LogP contribution in [-0.4, -0.2) is 40.1 Å². The number of carbonyl (C=O) groups excluding carboxylic acids is 2. The summed E-state index contributed by atoms with van der Waals surface area (Å²) < 4.78 is 21.1. The van der Waals surface area contributed by atoms with E-state index in [0.717, 1.165) is 10.6 Å². The molecule has 0 radical (unpaired) electrons. The topological polar surface area (TPSA) is 88.2 Å². The van der Waals surface area contributed by atoms with E-state index in [1.54, 1.807) is 36.9 Å². The van der Waals surface area contributed by atoms with Crippen molar-refractivity contribution in [1.29, 1.82) is 5.26 Å². The van der Waals surface area contributed by atoms with Crippen LogP contribution in [0.15, 0.2) is 71.4 Å². The Balaban J connectivity index is 1.94. The van der Waals surface area contributed by atoms with Crippen LogP contribution >= 0.6 is 0 Å². The number of aromatic nitrogens is 2. The highest BCUT2D eigenvalue weighted by molar-refractivity contribution is 6.19. The Morgan fingerprint density at radius 2 is 1.88 bits per heavy atom. The largest absolute Gasteiger partial charge is 0.494 e. The van der Waals surface area contributed by atoms with E-state index in [2.05, 4.69) is 5.10 Å². The zero-order valence-electron chi connectivity index (χ0n) is 18.9. The number of ether oxygens (including phenoxy) is 1. The fraction of sp³-hybridized carbons (Fsp3) is 0.154. The van der Waals surface area contributed by atoms with Gasteiger partial charge in [-0.3, -0.25) is 14.5 Å². The number of likely N-dealkylation sites (N-methyl/N-ethyl adjacent to an activating group) is 1. The predicted molar refractivity (Wildman–Crippen MR) is 124 cm³/mol. The van der Waals surface area contributed by atoms with E-state index in [0.29, 0.717) is 22.4 Å². The number of imide groups is 1. The highest BCUT2D eigenvalue weighted by Crippen LogP contribution is 2.32. The average Bonchev–Trinajstić information content (AvgIpc) is 3.27. The summed E-state index contributed by atoms with van der Waals surface area (Å²) in [5.74, 6) is -1.55. The fourth-order valence-corrected chi connectivity index (χ4v) is 3.82. The molecule has 4 rings (SSSR count). The Labute approximate surface area is 196 Å². The van der Waals surface area contributed by atoms with Crippen molar-refractivity contribution in [3.63, 3.8) is 0 Å². The molecule has 0 fully saturated rings. The van der Waals surface area contributed by atoms with Crippen molar-refractivity contribution < 1.29 is 18.7 Å². The Kier molecular flexibility index (Phi) is 6.11. The number of nitrogens with zero attached hydrogens (tertiary/aromatic N) is 4. The van der Waals surface area contributed by atoms with Crippen molar-refractivity contribution in [3.05, 3.63) is 82.8 Å². The summed E-state index contributed by atoms with van der Waals surface area (Å²) in [6.45, 7) is 3.37. The van der Waals surface area contributed by atoms with E-state index in [9.17, 15) is 19.2 Å². The van der Waals surface area contributed by atoms with E-state index in [-0.39, 0.29) is 23.4 Å². The molecule has 34 heavy (non-hydrogen) atoms. The van der Waals surface area contributed by atoms with Crippen LogP contribution in [0.1, 0.15) is 19.4 Å². The minimum absolute atomic E-state index is 0.0832. The van der Waals surface area contributed by atoms with E-state index in [1.165, 1.54) is 19.2 Å². The Bertz CT molecular complexity index is 1400. The van der Waals surface area contributed by atoms with Gasteiger partial charge in [-0.25, -0.2) is 9.07 Å². The van der Waals surface area contributed by atoms with E-state index in [4.69, 9.17) is 4.74 Å². The quantitative estimate of drug-likeness (QED) is 0.422. The number of carbonyl (C=O) groups is 2. The Hall–Kier alpha value is -4.51. The second-order valence-electron chi connectivity index (χ2n) is 7.59. The first-order chi connectivity index (χ1) is 16.4. The van der Waals surface area contributed by atoms with Crippen molar-refractivity contribution in [2.75, 3.05) is 13.7 Å². The number of benzene rings is 2. The molecule has 0 atom stereocenters. The lowest BCUT2D eigenvalue weighted by Crippen LogP contribution is -2.42. The first-order valence-electron chi connectivity index (χ1n) is 10.6. The first-order valence-corrected chi connectivity index (χ1v) is 10.6. The number of halogens is 1. The molecule has 2 amide bonds. The highest BCUT2D eigenvalue weighted by atomic mass is 19.1. The predicted octanol–water partition coefficient (Wildman–Crippen LogP) is 4.30. The average molecular weight is 456 g/mol. The third kappa shape index (κ3) is 3.88. The molecule has 2 heterocycles. The molecule has 7 nitrogen and oxygen atoms in total. The highest BCUT2D eigenvalue weighted by Gasteiger charge is 2.34. The summed E-state index contributed by atoms with van der Waals surface area (Å²) in [5.41, 5.74) is 2.62. The van der Waals surface area contributed by atoms with E-state index in [1.807, 2.05) is 36.4 Å². The van der Waals surface area contributed by atoms with Gasteiger partial charge >= 0.3 is 0 Å². The van der Waals surface area contributed by atoms with Crippen LogP contribution in [0.4, 0.5) is 4.39 Å². The van der Waals surface area contributed by atoms with Gasteiger partial charge in [0.05, 0.1) is 12.8 Å². The van der Waals surface area contributed by atoms with Gasteiger partial charge in [-0.1, -0.05) is 18.2 Å². The Morgan fingerprint density at radius 3 is 2.50 bits per heavy atom. The number of hydrogen-bond acceptors (Lipinski definition) is 5. The third-order valence-corrected chi connectivity index (χ3v) is 5.63. The third-order valence-electron chi connectivity index (χ3n) is 5.63. The number of nitriles is 1. The zero-order valence-corrected chi connectivity index (χ0v) is 18.9. The molecule has 0 saturated heterocycles. The summed E-state index contributed by atoms with van der Waals surface area (Å²) in [5, 5.41) is 14.2. The smallest absolute Gasteiger partial charge is 0.271 e. The van der Waals surface area contributed by atoms with Gasteiger partial charge in [0.1, 0.15) is 17.3 Å². The van der Waals surface area contributed by atoms with Crippen LogP contribution in [0, 0.1) is 17.1 Å². The van der Waals surface area contributed by atoms with E-state index < -0.39 is 17.6 Å². The molecule has 0 unspecified atom stereocenters. The second kappa shape index (κ2) is 9.16. The molecule has 0 spiro atoms. The van der Waals surface area contributed by atoms with Crippen LogP contribution in [0.25, 0.3) is 23.0 Å². The van der Waals surface area contributed by atoms with Crippen molar-refractivity contribution in [1.82, 2.24) is 14.7 Å². The molecule has 0 saturated carbocycles. The van der Waals surface area contributed by atoms with Crippen molar-refractivity contribution >= 4 is 17.9 Å². The second-order valence-corrected chi connectivity index (χ2v) is 7.59. The molecule has 170 valence electrons. The maximum Gasteiger partial charge on any atom is 0.271 e. The van der Waals surface area contributed by atoms with Gasteiger partial charge < -0.3 is 4.74 Å². The summed E-state index contributed by atoms with van der Waals surface area (Å²) >= 11 is 0. The summed E-state index contributed by atoms with van der Waals surface area (Å²) in [4.78, 5) is 26.6. The van der Waals surface area contributed by atoms with Gasteiger partial charge in [0.2, 0.25) is 0 Å². The number of rotatable bonds is 5. The van der Waals surface area contributed by atoms with E-state index >= 15 is 0 Å². The SMILES string of the molecule is CCN1C(=O)C(C#N)=C(C)/C(=C\c2cn(-c3ccccc3)nc2-c2ccc(OC)c(F)c2)C1=O. The van der Waals surface area contributed by atoms with Gasteiger partial charge in [-0.05, 0) is 55.8 Å². The molecule has 3 aromatic rings. The van der Waals surface area contributed by atoms with Gasteiger partial charge in [-0.15, -0.1) is 0 Å². The molecular formula is C26H21FN4O3. The zero-order chi connectivity index (χ0) is 24.4. The van der Waals surface area contributed by atoms with Crippen LogP contribution in [0.3, 0.4) is 0 Å². The first kappa shape index (κ1) is 22.7. The standard InChI is InChI=1S/C26H21FN4O3/c1-4-30-25(32)20(16(2)21(14-28)26(30)33)12-18-15-31(19-8-6-5-7-9-19)29-24(18)17-10-11-23(34-3)22(27)13-17/h5-13,15H,4H2,1-3H3/b20-12+. The molecule has 0 N–H and O–H groups in total. The maximum atomic E-state index is 14.5. The fourth-order valence-electron chi connectivity index (χ4n) is 3.82. The van der Waals surface area contributed by atoms with Crippen LogP contribution in [0.2, 0.25) is 0 Å². The van der Waals surface area contributed by atoms with Gasteiger partial charge in [0.15, 0.2) is 11.6 Å². The molecule has 1 aromatic heterocycles. The van der Waals surface area contributed by atoms with Crippen LogP contribution < -0.4 is 4.74 Å². The maximum absolute atomic E-state index is 14.5. The molecule has 1 aliphatic heterocycles. The molecular weight excluding hydrogens is 435 g/mol. The summed E-state index contributed by atoms with van der Waals surface area (Å²) in [7, 11) is 1.38. The molecule has 8 heteroatoms. The number of methoxy groups -OCH3 is 1. The lowest BCUT2D eigenvalue weighted by molar-refractivity contribution is -0.140. The molecule has 0 bridgehead atoms. The number of hydrogen-bond donors (Lipinski definition) is 0. The molecule has 2 aromatic carbocycles. The van der Waals surface area contributed by atoms with Gasteiger partial charge in [-0.2, -0.15) is 10.4 Å². The van der Waals surface area contributed by atoms with Crippen LogP contribution in [-0.2, 0) is 9.59 Å². The minimum Gasteiger partial charge on any atom is -0.494 e. The lowest BCUT2D eigenvalue weighted by atomic mass is 9.93. The summed E-state index contributed by atoms with van der Waals surface area (Å²) in [6.07, 6.45) is 3.31. The lowest BCUT2D eigenvalue weighted by Gasteiger charge is -2.26. The minimum atomic E-state index is -0.609. The van der Waals surface area contributed by atoms with Gasteiger partial charge in [0.25, 0.3) is 11.8 Å².